The topological polar surface area (TPSA) is 141 Å². The van der Waals surface area contributed by atoms with Crippen LogP contribution in [0.2, 0.25) is 0 Å². The Hall–Kier alpha value is -3.99. The first-order valence-electron chi connectivity index (χ1n) is 11.4. The van der Waals surface area contributed by atoms with Gasteiger partial charge in [0.25, 0.3) is 11.8 Å². The Labute approximate surface area is 211 Å². The van der Waals surface area contributed by atoms with E-state index < -0.39 is 29.6 Å². The maximum Gasteiger partial charge on any atom is 0.273 e. The highest BCUT2D eigenvalue weighted by Gasteiger charge is 2.37. The number of halogens is 1. The largest absolute Gasteiger partial charge is 0.497 e. The third-order valence-corrected chi connectivity index (χ3v) is 6.97. The third-order valence-electron chi connectivity index (χ3n) is 6.12. The zero-order valence-corrected chi connectivity index (χ0v) is 20.4. The fourth-order valence-corrected chi connectivity index (χ4v) is 5.02. The predicted molar refractivity (Wildman–Crippen MR) is 134 cm³/mol. The van der Waals surface area contributed by atoms with Crippen molar-refractivity contribution in [1.82, 2.24) is 9.69 Å². The van der Waals surface area contributed by atoms with Crippen LogP contribution in [0.25, 0.3) is 0 Å². The average molecular weight is 512 g/mol. The highest BCUT2D eigenvalue weighted by atomic mass is 32.1. The molecular weight excluding hydrogens is 485 g/mol. The number of carbonyl (C=O) groups excluding carboxylic acids is 3. The molecule has 1 aromatic heterocycles. The second-order valence-electron chi connectivity index (χ2n) is 8.46. The van der Waals surface area contributed by atoms with Crippen molar-refractivity contribution in [2.75, 3.05) is 17.7 Å². The zero-order chi connectivity index (χ0) is 25.8. The van der Waals surface area contributed by atoms with Crippen LogP contribution in [0, 0.1) is 5.82 Å². The molecule has 1 saturated carbocycles. The number of nitrogen functional groups attached to an aromatic ring is 1. The first-order valence-corrected chi connectivity index (χ1v) is 12.2. The number of nitrogens with one attached hydrogen (secondary N) is 1. The number of hydrogen-bond donors (Lipinski definition) is 3. The van der Waals surface area contributed by atoms with Crippen LogP contribution in [-0.4, -0.2) is 35.2 Å². The van der Waals surface area contributed by atoms with Crippen LogP contribution >= 0.6 is 11.5 Å². The van der Waals surface area contributed by atoms with E-state index in [0.717, 1.165) is 25.7 Å². The molecule has 0 radical (unpaired) electrons. The summed E-state index contributed by atoms with van der Waals surface area (Å²) >= 11 is 0.709. The summed E-state index contributed by atoms with van der Waals surface area (Å²) in [6.45, 7) is 0. The molecule has 4 rings (SSSR count). The summed E-state index contributed by atoms with van der Waals surface area (Å²) < 4.78 is 23.0. The number of carbonyl (C=O) groups is 3. The molecular formula is C25H26FN5O4S. The van der Waals surface area contributed by atoms with Crippen molar-refractivity contribution in [3.05, 3.63) is 70.5 Å². The molecule has 0 unspecified atom stereocenters. The van der Waals surface area contributed by atoms with Gasteiger partial charge in [-0.05, 0) is 66.3 Å². The lowest BCUT2D eigenvalue weighted by Crippen LogP contribution is -2.46. The standard InChI is InChI=1S/C25H26FN5O4S/c1-35-18-12-6-14(7-13-18)21(24(33)29-16-4-2-3-5-16)31(17-10-8-15(26)9-11-17)25(34)22-19(27)20(23(28)32)30-36-22/h6-13,16,21H,2-5,27H2,1H3,(H2,28,32)(H,29,33)/t21-/m0/s1. The minimum Gasteiger partial charge on any atom is -0.497 e. The summed E-state index contributed by atoms with van der Waals surface area (Å²) in [4.78, 5) is 40.6. The van der Waals surface area contributed by atoms with Crippen LogP contribution in [0.4, 0.5) is 15.8 Å². The number of amides is 3. The molecule has 1 aliphatic carbocycles. The summed E-state index contributed by atoms with van der Waals surface area (Å²) in [6, 6.07) is 10.8. The smallest absolute Gasteiger partial charge is 0.273 e. The van der Waals surface area contributed by atoms with Crippen molar-refractivity contribution < 1.29 is 23.5 Å². The SMILES string of the molecule is COc1ccc([C@@H](C(=O)NC2CCCC2)N(C(=O)c2snc(C(N)=O)c2N)c2ccc(F)cc2)cc1. The van der Waals surface area contributed by atoms with E-state index in [1.807, 2.05) is 0 Å². The lowest BCUT2D eigenvalue weighted by Gasteiger charge is -2.32. The van der Waals surface area contributed by atoms with Crippen LogP contribution in [0.5, 0.6) is 5.75 Å². The van der Waals surface area contributed by atoms with E-state index in [2.05, 4.69) is 9.69 Å². The number of methoxy groups -OCH3 is 1. The number of rotatable bonds is 8. The van der Waals surface area contributed by atoms with E-state index >= 15 is 0 Å². The molecule has 1 fully saturated rings. The Balaban J connectivity index is 1.84. The lowest BCUT2D eigenvalue weighted by atomic mass is 10.0. The number of ether oxygens (including phenoxy) is 1. The van der Waals surface area contributed by atoms with E-state index in [1.54, 1.807) is 24.3 Å². The van der Waals surface area contributed by atoms with Gasteiger partial charge in [0.05, 0.1) is 12.8 Å². The number of nitrogens with zero attached hydrogens (tertiary/aromatic N) is 2. The second-order valence-corrected chi connectivity index (χ2v) is 9.23. The molecule has 0 aliphatic heterocycles. The molecule has 188 valence electrons. The number of benzene rings is 2. The predicted octanol–water partition coefficient (Wildman–Crippen LogP) is 3.42. The van der Waals surface area contributed by atoms with Crippen molar-refractivity contribution in [2.24, 2.45) is 5.73 Å². The van der Waals surface area contributed by atoms with Crippen molar-refractivity contribution in [2.45, 2.75) is 37.8 Å². The van der Waals surface area contributed by atoms with Gasteiger partial charge in [0, 0.05) is 11.7 Å². The maximum absolute atomic E-state index is 13.9. The molecule has 1 atom stereocenters. The summed E-state index contributed by atoms with van der Waals surface area (Å²) in [5.41, 5.74) is 11.8. The molecule has 0 saturated heterocycles. The van der Waals surface area contributed by atoms with Crippen LogP contribution in [0.15, 0.2) is 48.5 Å². The number of anilines is 2. The molecule has 2 aromatic carbocycles. The minimum atomic E-state index is -1.13. The van der Waals surface area contributed by atoms with Gasteiger partial charge in [0.2, 0.25) is 5.91 Å². The molecule has 36 heavy (non-hydrogen) atoms. The van der Waals surface area contributed by atoms with Gasteiger partial charge in [-0.2, -0.15) is 4.37 Å². The molecule has 5 N–H and O–H groups in total. The summed E-state index contributed by atoms with van der Waals surface area (Å²) in [6.07, 6.45) is 3.70. The molecule has 3 amide bonds. The highest BCUT2D eigenvalue weighted by Crippen LogP contribution is 2.34. The summed E-state index contributed by atoms with van der Waals surface area (Å²) in [5.74, 6) is -1.88. The average Bonchev–Trinajstić information content (AvgIpc) is 3.52. The molecule has 1 aliphatic rings. The van der Waals surface area contributed by atoms with Gasteiger partial charge in [-0.1, -0.05) is 25.0 Å². The van der Waals surface area contributed by atoms with Crippen LogP contribution in [0.1, 0.15) is 57.4 Å². The minimum absolute atomic E-state index is 0.0154. The van der Waals surface area contributed by atoms with Crippen LogP contribution in [0.3, 0.4) is 0 Å². The van der Waals surface area contributed by atoms with E-state index in [9.17, 15) is 18.8 Å². The molecule has 0 spiro atoms. The van der Waals surface area contributed by atoms with Crippen molar-refractivity contribution in [1.29, 1.82) is 0 Å². The van der Waals surface area contributed by atoms with Gasteiger partial charge in [-0.25, -0.2) is 4.39 Å². The number of aromatic nitrogens is 1. The van der Waals surface area contributed by atoms with Gasteiger partial charge in [-0.3, -0.25) is 19.3 Å². The fourth-order valence-electron chi connectivity index (χ4n) is 4.28. The summed E-state index contributed by atoms with van der Waals surface area (Å²) in [5, 5.41) is 3.06. The van der Waals surface area contributed by atoms with Gasteiger partial charge < -0.3 is 21.5 Å². The Morgan fingerprint density at radius 3 is 2.31 bits per heavy atom. The van der Waals surface area contributed by atoms with E-state index in [0.29, 0.717) is 22.8 Å². The maximum atomic E-state index is 13.9. The van der Waals surface area contributed by atoms with Crippen molar-refractivity contribution >= 4 is 40.6 Å². The fraction of sp³-hybridized carbons (Fsp3) is 0.280. The highest BCUT2D eigenvalue weighted by molar-refractivity contribution is 7.09. The van der Waals surface area contributed by atoms with Crippen LogP contribution in [-0.2, 0) is 4.79 Å². The zero-order valence-electron chi connectivity index (χ0n) is 19.6. The number of primary amides is 1. The molecule has 1 heterocycles. The summed E-state index contributed by atoms with van der Waals surface area (Å²) in [7, 11) is 1.52. The van der Waals surface area contributed by atoms with E-state index in [4.69, 9.17) is 16.2 Å². The van der Waals surface area contributed by atoms with E-state index in [-0.39, 0.29) is 28.0 Å². The lowest BCUT2D eigenvalue weighted by molar-refractivity contribution is -0.123. The molecule has 11 heteroatoms. The molecule has 0 bridgehead atoms. The Morgan fingerprint density at radius 2 is 1.75 bits per heavy atom. The Morgan fingerprint density at radius 1 is 1.11 bits per heavy atom. The van der Waals surface area contributed by atoms with Crippen molar-refractivity contribution in [3.8, 4) is 5.75 Å². The molecule has 9 nitrogen and oxygen atoms in total. The Kier molecular flexibility index (Phi) is 7.49. The van der Waals surface area contributed by atoms with Crippen LogP contribution < -0.4 is 26.4 Å². The quantitative estimate of drug-likeness (QED) is 0.423. The third kappa shape index (κ3) is 5.15. The first-order chi connectivity index (χ1) is 17.3. The second kappa shape index (κ2) is 10.7. The van der Waals surface area contributed by atoms with Crippen molar-refractivity contribution in [3.63, 3.8) is 0 Å². The molecule has 3 aromatic rings. The normalized spacial score (nSPS) is 14.3. The monoisotopic (exact) mass is 511 g/mol. The number of nitrogens with two attached hydrogens (primary N) is 2. The Bertz CT molecular complexity index is 1260. The van der Waals surface area contributed by atoms with E-state index in [1.165, 1.54) is 36.3 Å². The first kappa shape index (κ1) is 25.1. The van der Waals surface area contributed by atoms with Gasteiger partial charge in [0.15, 0.2) is 5.69 Å². The number of hydrogen-bond acceptors (Lipinski definition) is 7. The van der Waals surface area contributed by atoms with Gasteiger partial charge >= 0.3 is 0 Å². The van der Waals surface area contributed by atoms with Gasteiger partial charge in [0.1, 0.15) is 22.5 Å². The van der Waals surface area contributed by atoms with Gasteiger partial charge in [-0.15, -0.1) is 0 Å².